The number of furan rings is 1. The highest BCUT2D eigenvalue weighted by molar-refractivity contribution is 7.13. The van der Waals surface area contributed by atoms with Crippen LogP contribution in [0.4, 0.5) is 0 Å². The predicted octanol–water partition coefficient (Wildman–Crippen LogP) is 2.86. The van der Waals surface area contributed by atoms with E-state index >= 15 is 0 Å². The molecule has 0 fully saturated rings. The molecule has 0 aliphatic carbocycles. The third kappa shape index (κ3) is 4.96. The lowest BCUT2D eigenvalue weighted by Crippen LogP contribution is -2.27. The van der Waals surface area contributed by atoms with E-state index < -0.39 is 0 Å². The van der Waals surface area contributed by atoms with Crippen molar-refractivity contribution in [2.45, 2.75) is 33.1 Å². The molecule has 0 radical (unpaired) electrons. The fourth-order valence-electron chi connectivity index (χ4n) is 2.01. The third-order valence-corrected chi connectivity index (χ3v) is 4.38. The van der Waals surface area contributed by atoms with Crippen LogP contribution in [0.2, 0.25) is 0 Å². The van der Waals surface area contributed by atoms with Crippen LogP contribution in [-0.4, -0.2) is 29.1 Å². The van der Waals surface area contributed by atoms with Crippen molar-refractivity contribution >= 4 is 17.2 Å². The lowest BCUT2D eigenvalue weighted by Gasteiger charge is -2.21. The van der Waals surface area contributed by atoms with Crippen LogP contribution in [0.3, 0.4) is 0 Å². The summed E-state index contributed by atoms with van der Waals surface area (Å²) < 4.78 is 5.03. The van der Waals surface area contributed by atoms with Crippen LogP contribution in [0, 0.1) is 5.41 Å². The Labute approximate surface area is 134 Å². The van der Waals surface area contributed by atoms with Gasteiger partial charge in [-0.25, -0.2) is 4.98 Å². The zero-order valence-corrected chi connectivity index (χ0v) is 13.8. The van der Waals surface area contributed by atoms with Gasteiger partial charge in [-0.05, 0) is 24.3 Å². The molecule has 0 aliphatic rings. The van der Waals surface area contributed by atoms with Crippen LogP contribution in [0.1, 0.15) is 32.4 Å². The average Bonchev–Trinajstić information content (AvgIpc) is 3.14. The molecule has 0 aliphatic heterocycles. The predicted molar refractivity (Wildman–Crippen MR) is 86.6 cm³/mol. The highest BCUT2D eigenvalue weighted by atomic mass is 32.1. The van der Waals surface area contributed by atoms with Crippen molar-refractivity contribution in [1.82, 2.24) is 10.3 Å². The second-order valence-corrected chi connectivity index (χ2v) is 6.97. The summed E-state index contributed by atoms with van der Waals surface area (Å²) in [6.45, 7) is 4.82. The Bertz CT molecular complexity index is 590. The van der Waals surface area contributed by atoms with E-state index in [9.17, 15) is 9.90 Å². The summed E-state index contributed by atoms with van der Waals surface area (Å²) >= 11 is 1.51. The van der Waals surface area contributed by atoms with E-state index in [2.05, 4.69) is 10.3 Å². The second kappa shape index (κ2) is 7.56. The van der Waals surface area contributed by atoms with Crippen molar-refractivity contribution in [2.24, 2.45) is 5.41 Å². The van der Waals surface area contributed by atoms with Crippen LogP contribution in [0.15, 0.2) is 28.4 Å². The largest absolute Gasteiger partial charge is 0.472 e. The van der Waals surface area contributed by atoms with E-state index in [0.29, 0.717) is 6.54 Å². The molecule has 2 aromatic heterocycles. The number of rotatable bonds is 8. The number of nitrogens with one attached hydrogen (secondary N) is 1. The molecule has 0 saturated carbocycles. The number of carbonyl (C=O) groups excluding carboxylic acids is 1. The van der Waals surface area contributed by atoms with Gasteiger partial charge in [-0.15, -0.1) is 11.3 Å². The van der Waals surface area contributed by atoms with E-state index in [1.54, 1.807) is 12.5 Å². The first-order chi connectivity index (χ1) is 10.5. The smallest absolute Gasteiger partial charge is 0.226 e. The lowest BCUT2D eigenvalue weighted by molar-refractivity contribution is -0.120. The summed E-state index contributed by atoms with van der Waals surface area (Å²) in [7, 11) is 0. The van der Waals surface area contributed by atoms with Gasteiger partial charge in [-0.2, -0.15) is 0 Å². The van der Waals surface area contributed by atoms with Gasteiger partial charge in [0.25, 0.3) is 0 Å². The molecule has 0 atom stereocenters. The number of hydrogen-bond acceptors (Lipinski definition) is 5. The zero-order valence-electron chi connectivity index (χ0n) is 13.0. The first-order valence-electron chi connectivity index (χ1n) is 7.35. The molecule has 2 N–H and O–H groups in total. The Balaban J connectivity index is 1.74. The fraction of sp³-hybridized carbons (Fsp3) is 0.500. The summed E-state index contributed by atoms with van der Waals surface area (Å²) in [5.41, 5.74) is 1.62. The van der Waals surface area contributed by atoms with Gasteiger partial charge >= 0.3 is 0 Å². The summed E-state index contributed by atoms with van der Waals surface area (Å²) in [5, 5.41) is 14.8. The van der Waals surface area contributed by atoms with E-state index in [1.165, 1.54) is 11.3 Å². The topological polar surface area (TPSA) is 75.4 Å². The second-order valence-electron chi connectivity index (χ2n) is 6.11. The lowest BCUT2D eigenvalue weighted by atomic mass is 9.89. The van der Waals surface area contributed by atoms with Crippen LogP contribution < -0.4 is 5.32 Å². The fourth-order valence-corrected chi connectivity index (χ4v) is 2.81. The number of nitrogens with zero attached hydrogens (tertiary/aromatic N) is 1. The van der Waals surface area contributed by atoms with Crippen molar-refractivity contribution in [3.8, 4) is 10.6 Å². The molecule has 2 heterocycles. The van der Waals surface area contributed by atoms with Crippen LogP contribution >= 0.6 is 11.3 Å². The van der Waals surface area contributed by atoms with Crippen molar-refractivity contribution < 1.29 is 14.3 Å². The highest BCUT2D eigenvalue weighted by Gasteiger charge is 2.15. The van der Waals surface area contributed by atoms with Crippen molar-refractivity contribution in [2.75, 3.05) is 13.2 Å². The standard InChI is InChI=1S/C16H22N2O3S/c1-16(2,11-19)5-3-6-17-14(20)8-13-10-22-15(18-13)12-4-7-21-9-12/h4,7,9-10,19H,3,5-6,8,11H2,1-2H3,(H,17,20). The monoisotopic (exact) mass is 322 g/mol. The summed E-state index contributed by atoms with van der Waals surface area (Å²) in [6.07, 6.45) is 5.28. The molecule has 6 heteroatoms. The highest BCUT2D eigenvalue weighted by Crippen LogP contribution is 2.24. The van der Waals surface area contributed by atoms with Gasteiger partial charge in [0.2, 0.25) is 5.91 Å². The molecule has 0 aromatic carbocycles. The number of amides is 1. The first kappa shape index (κ1) is 16.7. The van der Waals surface area contributed by atoms with E-state index in [-0.39, 0.29) is 24.3 Å². The van der Waals surface area contributed by atoms with Crippen molar-refractivity contribution in [1.29, 1.82) is 0 Å². The third-order valence-electron chi connectivity index (χ3n) is 3.44. The Morgan fingerprint density at radius 1 is 1.50 bits per heavy atom. The molecule has 5 nitrogen and oxygen atoms in total. The minimum absolute atomic E-state index is 0.0224. The summed E-state index contributed by atoms with van der Waals surface area (Å²) in [4.78, 5) is 16.3. The Morgan fingerprint density at radius 2 is 2.32 bits per heavy atom. The Morgan fingerprint density at radius 3 is 3.00 bits per heavy atom. The van der Waals surface area contributed by atoms with Crippen LogP contribution in [-0.2, 0) is 11.2 Å². The van der Waals surface area contributed by atoms with E-state index in [4.69, 9.17) is 4.42 Å². The molecule has 0 unspecified atom stereocenters. The van der Waals surface area contributed by atoms with Crippen molar-refractivity contribution in [3.63, 3.8) is 0 Å². The summed E-state index contributed by atoms with van der Waals surface area (Å²) in [6, 6.07) is 1.85. The molecule has 0 bridgehead atoms. The van der Waals surface area contributed by atoms with Crippen LogP contribution in [0.25, 0.3) is 10.6 Å². The first-order valence-corrected chi connectivity index (χ1v) is 8.23. The number of hydrogen-bond donors (Lipinski definition) is 2. The van der Waals surface area contributed by atoms with Gasteiger partial charge in [0.1, 0.15) is 11.3 Å². The Kier molecular flexibility index (Phi) is 5.74. The molecule has 2 rings (SSSR count). The van der Waals surface area contributed by atoms with Gasteiger partial charge in [-0.3, -0.25) is 4.79 Å². The summed E-state index contributed by atoms with van der Waals surface area (Å²) in [5.74, 6) is -0.0224. The zero-order chi connectivity index (χ0) is 16.0. The number of aromatic nitrogens is 1. The quantitative estimate of drug-likeness (QED) is 0.733. The van der Waals surface area contributed by atoms with Crippen molar-refractivity contribution in [3.05, 3.63) is 29.7 Å². The van der Waals surface area contributed by atoms with Gasteiger partial charge in [0.15, 0.2) is 0 Å². The van der Waals surface area contributed by atoms with Gasteiger partial charge in [-0.1, -0.05) is 13.8 Å². The number of aliphatic hydroxyl groups excluding tert-OH is 1. The molecular formula is C16H22N2O3S. The molecule has 1 amide bonds. The normalized spacial score (nSPS) is 11.6. The van der Waals surface area contributed by atoms with Gasteiger partial charge < -0.3 is 14.8 Å². The maximum absolute atomic E-state index is 11.9. The SMILES string of the molecule is CC(C)(CO)CCCNC(=O)Cc1csc(-c2ccoc2)n1. The molecule has 22 heavy (non-hydrogen) atoms. The number of thiazole rings is 1. The number of carbonyl (C=O) groups is 1. The van der Waals surface area contributed by atoms with Gasteiger partial charge in [0.05, 0.1) is 18.4 Å². The molecule has 2 aromatic rings. The van der Waals surface area contributed by atoms with Gasteiger partial charge in [0, 0.05) is 24.1 Å². The number of aliphatic hydroxyl groups is 1. The van der Waals surface area contributed by atoms with E-state index in [1.807, 2.05) is 25.3 Å². The molecule has 120 valence electrons. The van der Waals surface area contributed by atoms with E-state index in [0.717, 1.165) is 29.1 Å². The maximum atomic E-state index is 11.9. The average molecular weight is 322 g/mol. The van der Waals surface area contributed by atoms with Crippen LogP contribution in [0.5, 0.6) is 0 Å². The minimum atomic E-state index is -0.0842. The molecular weight excluding hydrogens is 300 g/mol. The maximum Gasteiger partial charge on any atom is 0.226 e. The Hall–Kier alpha value is -1.66. The minimum Gasteiger partial charge on any atom is -0.472 e. The molecule has 0 spiro atoms. The molecule has 0 saturated heterocycles.